The summed E-state index contributed by atoms with van der Waals surface area (Å²) in [5, 5.41) is 3.41. The van der Waals surface area contributed by atoms with Gasteiger partial charge in [0.2, 0.25) is 0 Å². The standard InChI is InChI=1S/C24H29NO2/c26-23(22(20-11-7-8-12-20)19-9-3-1-4-10-19)27-24(15-17-25-18-16-24)21-13-5-2-6-14-21/h1-6,9-10,13-14,20,22,25H,7-8,11-12,15-18H2. The van der Waals surface area contributed by atoms with Crippen LogP contribution in [0.15, 0.2) is 60.7 Å². The molecule has 3 heteroatoms. The van der Waals surface area contributed by atoms with Gasteiger partial charge in [-0.2, -0.15) is 0 Å². The highest BCUT2D eigenvalue weighted by Crippen LogP contribution is 2.42. The summed E-state index contributed by atoms with van der Waals surface area (Å²) >= 11 is 0. The number of hydrogen-bond donors (Lipinski definition) is 1. The van der Waals surface area contributed by atoms with Crippen molar-refractivity contribution in [2.45, 2.75) is 50.0 Å². The molecule has 4 rings (SSSR count). The van der Waals surface area contributed by atoms with E-state index in [0.717, 1.165) is 49.9 Å². The summed E-state index contributed by atoms with van der Waals surface area (Å²) in [6, 6.07) is 20.5. The number of carbonyl (C=O) groups is 1. The first-order valence-corrected chi connectivity index (χ1v) is 10.3. The van der Waals surface area contributed by atoms with Crippen molar-refractivity contribution in [2.75, 3.05) is 13.1 Å². The number of nitrogens with one attached hydrogen (secondary N) is 1. The molecule has 27 heavy (non-hydrogen) atoms. The van der Waals surface area contributed by atoms with Gasteiger partial charge in [-0.05, 0) is 43.0 Å². The Morgan fingerprint density at radius 2 is 1.52 bits per heavy atom. The van der Waals surface area contributed by atoms with E-state index in [1.54, 1.807) is 0 Å². The fourth-order valence-electron chi connectivity index (χ4n) is 4.83. The molecule has 0 aromatic heterocycles. The molecule has 1 saturated heterocycles. The van der Waals surface area contributed by atoms with Crippen molar-refractivity contribution in [1.29, 1.82) is 0 Å². The second-order valence-electron chi connectivity index (χ2n) is 7.96. The maximum absolute atomic E-state index is 13.5. The van der Waals surface area contributed by atoms with Crippen LogP contribution in [0.4, 0.5) is 0 Å². The van der Waals surface area contributed by atoms with Gasteiger partial charge in [0.25, 0.3) is 0 Å². The lowest BCUT2D eigenvalue weighted by atomic mass is 9.82. The minimum absolute atomic E-state index is 0.0427. The average molecular weight is 364 g/mol. The topological polar surface area (TPSA) is 38.3 Å². The van der Waals surface area contributed by atoms with E-state index in [4.69, 9.17) is 4.74 Å². The molecule has 0 bridgehead atoms. The smallest absolute Gasteiger partial charge is 0.314 e. The van der Waals surface area contributed by atoms with Crippen LogP contribution in [0.3, 0.4) is 0 Å². The van der Waals surface area contributed by atoms with Gasteiger partial charge in [0.15, 0.2) is 0 Å². The SMILES string of the molecule is O=C(OC1(c2ccccc2)CCNCC1)C(c1ccccc1)C1CCCC1. The van der Waals surface area contributed by atoms with Crippen molar-refractivity contribution in [1.82, 2.24) is 5.32 Å². The first kappa shape index (κ1) is 18.2. The molecule has 1 aliphatic heterocycles. The van der Waals surface area contributed by atoms with E-state index >= 15 is 0 Å². The van der Waals surface area contributed by atoms with Crippen LogP contribution in [0.25, 0.3) is 0 Å². The minimum Gasteiger partial charge on any atom is -0.454 e. The zero-order chi connectivity index (χ0) is 18.5. The lowest BCUT2D eigenvalue weighted by molar-refractivity contribution is -0.167. The van der Waals surface area contributed by atoms with E-state index in [9.17, 15) is 4.79 Å². The predicted octanol–water partition coefficient (Wildman–Crippen LogP) is 4.78. The van der Waals surface area contributed by atoms with E-state index in [-0.39, 0.29) is 11.9 Å². The van der Waals surface area contributed by atoms with E-state index in [1.165, 1.54) is 12.8 Å². The fourth-order valence-corrected chi connectivity index (χ4v) is 4.83. The lowest BCUT2D eigenvalue weighted by Gasteiger charge is -2.39. The van der Waals surface area contributed by atoms with Crippen molar-refractivity contribution >= 4 is 5.97 Å². The summed E-state index contributed by atoms with van der Waals surface area (Å²) in [6.45, 7) is 1.75. The third-order valence-electron chi connectivity index (χ3n) is 6.29. The Hall–Kier alpha value is -2.13. The summed E-state index contributed by atoms with van der Waals surface area (Å²) in [5.41, 5.74) is 1.72. The average Bonchev–Trinajstić information content (AvgIpc) is 3.24. The number of carbonyl (C=O) groups excluding carboxylic acids is 1. The second-order valence-corrected chi connectivity index (χ2v) is 7.96. The van der Waals surface area contributed by atoms with Crippen LogP contribution in [-0.2, 0) is 15.1 Å². The van der Waals surface area contributed by atoms with Gasteiger partial charge in [-0.15, -0.1) is 0 Å². The van der Waals surface area contributed by atoms with Crippen LogP contribution in [0.2, 0.25) is 0 Å². The highest BCUT2D eigenvalue weighted by Gasteiger charge is 2.41. The molecule has 1 N–H and O–H groups in total. The number of ether oxygens (including phenoxy) is 1. The Balaban J connectivity index is 1.64. The van der Waals surface area contributed by atoms with Crippen molar-refractivity contribution in [2.24, 2.45) is 5.92 Å². The van der Waals surface area contributed by atoms with Gasteiger partial charge in [0.05, 0.1) is 5.92 Å². The Labute approximate surface area is 162 Å². The third kappa shape index (κ3) is 3.93. The van der Waals surface area contributed by atoms with Crippen LogP contribution in [0, 0.1) is 5.92 Å². The van der Waals surface area contributed by atoms with Gasteiger partial charge >= 0.3 is 5.97 Å². The molecule has 2 fully saturated rings. The Bertz CT molecular complexity index is 731. The monoisotopic (exact) mass is 363 g/mol. The molecule has 1 unspecified atom stereocenters. The minimum atomic E-state index is -0.505. The zero-order valence-electron chi connectivity index (χ0n) is 15.9. The largest absolute Gasteiger partial charge is 0.454 e. The summed E-state index contributed by atoms with van der Waals surface area (Å²) in [6.07, 6.45) is 6.33. The van der Waals surface area contributed by atoms with Crippen molar-refractivity contribution in [3.8, 4) is 0 Å². The van der Waals surface area contributed by atoms with Crippen LogP contribution >= 0.6 is 0 Å². The van der Waals surface area contributed by atoms with Gasteiger partial charge in [-0.1, -0.05) is 73.5 Å². The fraction of sp³-hybridized carbons (Fsp3) is 0.458. The molecule has 0 radical (unpaired) electrons. The molecule has 1 aliphatic carbocycles. The lowest BCUT2D eigenvalue weighted by Crippen LogP contribution is -2.44. The van der Waals surface area contributed by atoms with Crippen molar-refractivity contribution < 1.29 is 9.53 Å². The summed E-state index contributed by atoms with van der Waals surface area (Å²) in [5.74, 6) is 0.206. The molecule has 1 saturated carbocycles. The van der Waals surface area contributed by atoms with Gasteiger partial charge in [0.1, 0.15) is 5.60 Å². The van der Waals surface area contributed by atoms with E-state index in [1.807, 2.05) is 36.4 Å². The van der Waals surface area contributed by atoms with Crippen molar-refractivity contribution in [3.63, 3.8) is 0 Å². The third-order valence-corrected chi connectivity index (χ3v) is 6.29. The molecule has 2 aromatic rings. The van der Waals surface area contributed by atoms with E-state index in [2.05, 4.69) is 29.6 Å². The first-order valence-electron chi connectivity index (χ1n) is 10.3. The maximum atomic E-state index is 13.5. The van der Waals surface area contributed by atoms with Crippen LogP contribution in [-0.4, -0.2) is 19.1 Å². The highest BCUT2D eigenvalue weighted by atomic mass is 16.6. The second kappa shape index (κ2) is 8.26. The van der Waals surface area contributed by atoms with Crippen LogP contribution in [0.5, 0.6) is 0 Å². The van der Waals surface area contributed by atoms with Crippen LogP contribution in [0.1, 0.15) is 55.6 Å². The Kier molecular flexibility index (Phi) is 5.58. The quantitative estimate of drug-likeness (QED) is 0.777. The molecule has 0 spiro atoms. The maximum Gasteiger partial charge on any atom is 0.314 e. The molecule has 2 aliphatic rings. The number of piperidine rings is 1. The van der Waals surface area contributed by atoms with Gasteiger partial charge < -0.3 is 10.1 Å². The normalized spacial score (nSPS) is 20.9. The molecule has 1 heterocycles. The Morgan fingerprint density at radius 3 is 2.15 bits per heavy atom. The van der Waals surface area contributed by atoms with E-state index in [0.29, 0.717) is 5.92 Å². The van der Waals surface area contributed by atoms with Gasteiger partial charge in [-0.3, -0.25) is 4.79 Å². The van der Waals surface area contributed by atoms with Crippen LogP contribution < -0.4 is 5.32 Å². The molecule has 142 valence electrons. The first-order chi connectivity index (χ1) is 13.3. The highest BCUT2D eigenvalue weighted by molar-refractivity contribution is 5.79. The molecular weight excluding hydrogens is 334 g/mol. The summed E-state index contributed by atoms with van der Waals surface area (Å²) in [7, 11) is 0. The number of esters is 1. The van der Waals surface area contributed by atoms with Gasteiger partial charge in [-0.25, -0.2) is 0 Å². The number of hydrogen-bond acceptors (Lipinski definition) is 3. The Morgan fingerprint density at radius 1 is 0.926 bits per heavy atom. The molecular formula is C24H29NO2. The van der Waals surface area contributed by atoms with E-state index < -0.39 is 5.60 Å². The molecule has 2 aromatic carbocycles. The van der Waals surface area contributed by atoms with Crippen molar-refractivity contribution in [3.05, 3.63) is 71.8 Å². The molecule has 3 nitrogen and oxygen atoms in total. The summed E-state index contributed by atoms with van der Waals surface area (Å²) in [4.78, 5) is 13.5. The summed E-state index contributed by atoms with van der Waals surface area (Å²) < 4.78 is 6.42. The van der Waals surface area contributed by atoms with Gasteiger partial charge in [0, 0.05) is 12.8 Å². The zero-order valence-corrected chi connectivity index (χ0v) is 15.9. The number of benzene rings is 2. The molecule has 0 amide bonds. The predicted molar refractivity (Wildman–Crippen MR) is 107 cm³/mol. The number of rotatable bonds is 5. The molecule has 1 atom stereocenters.